The summed E-state index contributed by atoms with van der Waals surface area (Å²) < 4.78 is 0. The minimum absolute atomic E-state index is 0.168. The van der Waals surface area contributed by atoms with Gasteiger partial charge in [0.15, 0.2) is 0 Å². The quantitative estimate of drug-likeness (QED) is 0.240. The van der Waals surface area contributed by atoms with E-state index in [-0.39, 0.29) is 35.8 Å². The summed E-state index contributed by atoms with van der Waals surface area (Å²) >= 11 is 5.38. The molecule has 0 spiro atoms. The highest BCUT2D eigenvalue weighted by atomic mass is 32.1. The van der Waals surface area contributed by atoms with Crippen molar-refractivity contribution in [2.24, 2.45) is 11.7 Å². The standard InChI is InChI=1S/C34H36N4O4S/c1-37(33(40)26-14-16-38(17-15-26)34(41)42)30(21-23-11-13-25-7-3-5-9-28(25)19-23)32(39)36-29(31(35)43)20-22-10-12-24-6-2-4-8-27(24)18-22/h2-13,18-19,26,29-30H,14-17,20-21H2,1H3,(H2,35,43)(H,36,39)(H,41,42)/t29-,30-/m1/s1. The fourth-order valence-corrected chi connectivity index (χ4v) is 5.99. The Morgan fingerprint density at radius 2 is 1.40 bits per heavy atom. The molecule has 1 aliphatic heterocycles. The van der Waals surface area contributed by atoms with Gasteiger partial charge in [-0.3, -0.25) is 9.59 Å². The van der Waals surface area contributed by atoms with Crippen LogP contribution in [0.2, 0.25) is 0 Å². The lowest BCUT2D eigenvalue weighted by Gasteiger charge is -2.35. The Balaban J connectivity index is 1.38. The number of nitrogens with one attached hydrogen (secondary N) is 1. The molecule has 8 nitrogen and oxygen atoms in total. The summed E-state index contributed by atoms with van der Waals surface area (Å²) in [6.45, 7) is 0.576. The van der Waals surface area contributed by atoms with Gasteiger partial charge in [-0.15, -0.1) is 0 Å². The molecule has 4 N–H and O–H groups in total. The number of carbonyl (C=O) groups is 3. The topological polar surface area (TPSA) is 116 Å². The average molecular weight is 597 g/mol. The average Bonchev–Trinajstić information content (AvgIpc) is 3.02. The maximum Gasteiger partial charge on any atom is 0.407 e. The molecule has 1 heterocycles. The van der Waals surface area contributed by atoms with Gasteiger partial charge in [-0.2, -0.15) is 0 Å². The molecule has 1 aliphatic rings. The van der Waals surface area contributed by atoms with E-state index in [9.17, 15) is 19.5 Å². The lowest BCUT2D eigenvalue weighted by Crippen LogP contribution is -2.55. The number of nitrogens with zero attached hydrogens (tertiary/aromatic N) is 2. The number of thiocarbonyl (C=S) groups is 1. The van der Waals surface area contributed by atoms with Crippen molar-refractivity contribution in [2.75, 3.05) is 20.1 Å². The zero-order valence-corrected chi connectivity index (χ0v) is 24.9. The van der Waals surface area contributed by atoms with Gasteiger partial charge in [0, 0.05) is 32.5 Å². The van der Waals surface area contributed by atoms with Crippen LogP contribution < -0.4 is 11.1 Å². The monoisotopic (exact) mass is 596 g/mol. The van der Waals surface area contributed by atoms with Gasteiger partial charge >= 0.3 is 6.09 Å². The Labute approximate surface area is 256 Å². The molecular formula is C34H36N4O4S. The predicted octanol–water partition coefficient (Wildman–Crippen LogP) is 4.77. The smallest absolute Gasteiger partial charge is 0.407 e. The number of likely N-dealkylation sites (N-methyl/N-ethyl adjacent to an activating group) is 1. The molecule has 2 atom stereocenters. The number of benzene rings is 4. The van der Waals surface area contributed by atoms with Crippen molar-refractivity contribution in [3.63, 3.8) is 0 Å². The van der Waals surface area contributed by atoms with Crippen LogP contribution in [0, 0.1) is 5.92 Å². The minimum Gasteiger partial charge on any atom is -0.465 e. The molecule has 4 aromatic rings. The molecule has 1 saturated heterocycles. The van der Waals surface area contributed by atoms with E-state index in [0.717, 1.165) is 32.7 Å². The molecule has 0 unspecified atom stereocenters. The fourth-order valence-electron chi connectivity index (χ4n) is 5.85. The second-order valence-corrected chi connectivity index (χ2v) is 11.7. The van der Waals surface area contributed by atoms with Crippen LogP contribution in [0.5, 0.6) is 0 Å². The number of carboxylic acid groups (broad SMARTS) is 1. The van der Waals surface area contributed by atoms with E-state index in [1.54, 1.807) is 7.05 Å². The molecule has 1 fully saturated rings. The number of rotatable bonds is 9. The molecule has 0 radical (unpaired) electrons. The molecule has 9 heteroatoms. The van der Waals surface area contributed by atoms with Crippen molar-refractivity contribution in [1.82, 2.24) is 15.1 Å². The molecule has 0 aromatic heterocycles. The van der Waals surface area contributed by atoms with Crippen LogP contribution in [0.3, 0.4) is 0 Å². The van der Waals surface area contributed by atoms with E-state index in [1.807, 2.05) is 78.9 Å². The Hall–Kier alpha value is -4.50. The van der Waals surface area contributed by atoms with Gasteiger partial charge in [0.2, 0.25) is 11.8 Å². The van der Waals surface area contributed by atoms with Crippen molar-refractivity contribution < 1.29 is 19.5 Å². The molecule has 0 bridgehead atoms. The zero-order valence-electron chi connectivity index (χ0n) is 24.1. The first-order valence-corrected chi connectivity index (χ1v) is 14.9. The van der Waals surface area contributed by atoms with Crippen LogP contribution in [0.25, 0.3) is 21.5 Å². The molecular weight excluding hydrogens is 560 g/mol. The molecule has 0 aliphatic carbocycles. The molecule has 3 amide bonds. The normalized spacial score (nSPS) is 15.1. The molecule has 5 rings (SSSR count). The summed E-state index contributed by atoms with van der Waals surface area (Å²) in [5.74, 6) is -0.880. The lowest BCUT2D eigenvalue weighted by atomic mass is 9.93. The fraction of sp³-hybridized carbons (Fsp3) is 0.294. The van der Waals surface area contributed by atoms with Gasteiger partial charge in [0.1, 0.15) is 6.04 Å². The Kier molecular flexibility index (Phi) is 9.21. The summed E-state index contributed by atoms with van der Waals surface area (Å²) in [5.41, 5.74) is 8.04. The molecule has 222 valence electrons. The largest absolute Gasteiger partial charge is 0.465 e. The van der Waals surface area contributed by atoms with Crippen LogP contribution in [-0.2, 0) is 22.4 Å². The summed E-state index contributed by atoms with van der Waals surface area (Å²) in [6.07, 6.45) is 0.560. The van der Waals surface area contributed by atoms with Crippen LogP contribution in [0.1, 0.15) is 24.0 Å². The van der Waals surface area contributed by atoms with E-state index in [1.165, 1.54) is 9.80 Å². The number of nitrogens with two attached hydrogens (primary N) is 1. The Morgan fingerprint density at radius 1 is 0.884 bits per heavy atom. The predicted molar refractivity (Wildman–Crippen MR) is 173 cm³/mol. The van der Waals surface area contributed by atoms with E-state index in [0.29, 0.717) is 25.7 Å². The highest BCUT2D eigenvalue weighted by Crippen LogP contribution is 2.23. The third-order valence-corrected chi connectivity index (χ3v) is 8.67. The highest BCUT2D eigenvalue weighted by Gasteiger charge is 2.35. The van der Waals surface area contributed by atoms with E-state index >= 15 is 0 Å². The van der Waals surface area contributed by atoms with Crippen molar-refractivity contribution in [3.05, 3.63) is 96.1 Å². The van der Waals surface area contributed by atoms with Gasteiger partial charge in [-0.1, -0.05) is 97.1 Å². The molecule has 4 aromatic carbocycles. The van der Waals surface area contributed by atoms with Crippen molar-refractivity contribution in [1.29, 1.82) is 0 Å². The van der Waals surface area contributed by atoms with Gasteiger partial charge in [-0.25, -0.2) is 4.79 Å². The second kappa shape index (κ2) is 13.2. The van der Waals surface area contributed by atoms with E-state index < -0.39 is 18.2 Å². The second-order valence-electron chi connectivity index (χ2n) is 11.2. The maximum absolute atomic E-state index is 14.0. The third-order valence-electron chi connectivity index (χ3n) is 8.39. The number of piperidine rings is 1. The number of hydrogen-bond acceptors (Lipinski definition) is 4. The van der Waals surface area contributed by atoms with Gasteiger partial charge in [0.25, 0.3) is 0 Å². The SMILES string of the molecule is CN(C(=O)C1CCN(C(=O)O)CC1)[C@H](Cc1ccc2ccccc2c1)C(=O)N[C@H](Cc1ccc2ccccc2c1)C(N)=S. The first-order chi connectivity index (χ1) is 20.7. The summed E-state index contributed by atoms with van der Waals surface area (Å²) in [7, 11) is 1.65. The number of amides is 3. The minimum atomic E-state index is -0.983. The first-order valence-electron chi connectivity index (χ1n) is 14.5. The molecule has 0 saturated carbocycles. The van der Waals surface area contributed by atoms with Crippen molar-refractivity contribution in [3.8, 4) is 0 Å². The lowest BCUT2D eigenvalue weighted by molar-refractivity contribution is -0.143. The number of fused-ring (bicyclic) bond motifs is 2. The van der Waals surface area contributed by atoms with Gasteiger partial charge < -0.3 is 26.0 Å². The van der Waals surface area contributed by atoms with Crippen molar-refractivity contribution >= 4 is 56.7 Å². The Morgan fingerprint density at radius 3 is 1.91 bits per heavy atom. The van der Waals surface area contributed by atoms with Gasteiger partial charge in [-0.05, 0) is 51.9 Å². The number of hydrogen-bond donors (Lipinski definition) is 3. The summed E-state index contributed by atoms with van der Waals surface area (Å²) in [6, 6.07) is 26.8. The number of carbonyl (C=O) groups excluding carboxylic acids is 2. The Bertz CT molecular complexity index is 1670. The van der Waals surface area contributed by atoms with E-state index in [4.69, 9.17) is 18.0 Å². The van der Waals surface area contributed by atoms with Crippen LogP contribution in [-0.4, -0.2) is 70.0 Å². The first kappa shape index (κ1) is 30.0. The third kappa shape index (κ3) is 7.11. The number of likely N-dealkylation sites (tertiary alicyclic amines) is 1. The summed E-state index contributed by atoms with van der Waals surface area (Å²) in [4.78, 5) is 42.1. The van der Waals surface area contributed by atoms with E-state index in [2.05, 4.69) is 11.4 Å². The maximum atomic E-state index is 14.0. The molecule has 43 heavy (non-hydrogen) atoms. The van der Waals surface area contributed by atoms with Crippen LogP contribution in [0.4, 0.5) is 4.79 Å². The highest BCUT2D eigenvalue weighted by molar-refractivity contribution is 7.80. The van der Waals surface area contributed by atoms with Gasteiger partial charge in [0.05, 0.1) is 11.0 Å². The van der Waals surface area contributed by atoms with Crippen LogP contribution in [0.15, 0.2) is 84.9 Å². The van der Waals surface area contributed by atoms with Crippen molar-refractivity contribution in [2.45, 2.75) is 37.8 Å². The summed E-state index contributed by atoms with van der Waals surface area (Å²) in [5, 5.41) is 16.7. The van der Waals surface area contributed by atoms with Crippen LogP contribution >= 0.6 is 12.2 Å². The zero-order chi connectivity index (χ0) is 30.5.